The summed E-state index contributed by atoms with van der Waals surface area (Å²) < 4.78 is 0. The summed E-state index contributed by atoms with van der Waals surface area (Å²) in [5.41, 5.74) is 11.2. The van der Waals surface area contributed by atoms with Crippen LogP contribution in [-0.4, -0.2) is 5.11 Å². The van der Waals surface area contributed by atoms with Gasteiger partial charge in [0.25, 0.3) is 0 Å². The molecule has 0 bridgehead atoms. The van der Waals surface area contributed by atoms with Crippen molar-refractivity contribution in [3.05, 3.63) is 34.4 Å². The van der Waals surface area contributed by atoms with Crippen LogP contribution in [0.3, 0.4) is 0 Å². The summed E-state index contributed by atoms with van der Waals surface area (Å²) in [6.07, 6.45) is 0. The average Bonchev–Trinajstić information content (AvgIpc) is 2.34. The summed E-state index contributed by atoms with van der Waals surface area (Å²) in [7, 11) is 0. The molecule has 0 saturated carbocycles. The summed E-state index contributed by atoms with van der Waals surface area (Å²) in [5, 5.41) is 3.47. The van der Waals surface area contributed by atoms with E-state index in [-0.39, 0.29) is 17.0 Å². The maximum Gasteiger partial charge on any atom is 0.163 e. The van der Waals surface area contributed by atoms with E-state index in [1.54, 1.807) is 0 Å². The number of hydrogen-bond acceptors (Lipinski definition) is 1. The van der Waals surface area contributed by atoms with Gasteiger partial charge in [-0.25, -0.2) is 0 Å². The molecule has 21 heavy (non-hydrogen) atoms. The average molecular weight is 373 g/mol. The topological polar surface area (TPSA) is 38.0 Å². The maximum atomic E-state index is 5.59. The molecule has 4 heteroatoms. The van der Waals surface area contributed by atoms with Gasteiger partial charge in [0, 0.05) is 6.54 Å². The first-order chi connectivity index (χ1) is 9.23. The van der Waals surface area contributed by atoms with Crippen molar-refractivity contribution in [3.63, 3.8) is 0 Å². The Bertz CT molecular complexity index is 453. The summed E-state index contributed by atoms with van der Waals surface area (Å²) in [5.74, 6) is 1.53. The van der Waals surface area contributed by atoms with E-state index in [0.717, 1.165) is 0 Å². The summed E-state index contributed by atoms with van der Waals surface area (Å²) >= 11 is 4.95. The monoisotopic (exact) mass is 372 g/mol. The van der Waals surface area contributed by atoms with Crippen molar-refractivity contribution in [2.24, 2.45) is 5.73 Å². The third-order valence-electron chi connectivity index (χ3n) is 3.69. The zero-order valence-corrected chi connectivity index (χ0v) is 16.5. The molecular weight excluding hydrogens is 344 g/mol. The molecule has 0 aromatic heterocycles. The number of thiocarbonyl (C=S) groups is 1. The molecule has 0 heterocycles. The largest absolute Gasteiger partial charge is 0.376 e. The van der Waals surface area contributed by atoms with Crippen LogP contribution in [0, 0.1) is 0 Å². The molecule has 1 aromatic carbocycles. The third kappa shape index (κ3) is 5.59. The number of hydrogen-bond donors (Lipinski definition) is 2. The number of nitrogens with two attached hydrogens (primary N) is 1. The van der Waals surface area contributed by atoms with Crippen LogP contribution in [0.25, 0.3) is 0 Å². The maximum absolute atomic E-state index is 5.59. The molecule has 0 aliphatic rings. The standard InChI is InChI=1S/C17H28N2S.BrH/c1-10(2)13-7-14(11(3)4)16(9-19-17(18)20)15(8-13)12(5)6;/h7-8,10-12H,9H2,1-6H3,(H3,18,19,20);1H. The molecule has 0 saturated heterocycles. The SMILES string of the molecule is Br.CC(C)c1cc(C(C)C)c(CNC(N)=S)c(C(C)C)c1. The molecule has 120 valence electrons. The molecule has 0 amide bonds. The van der Waals surface area contributed by atoms with Crippen LogP contribution in [0.4, 0.5) is 0 Å². The summed E-state index contributed by atoms with van der Waals surface area (Å²) in [6, 6.07) is 4.69. The van der Waals surface area contributed by atoms with Crippen LogP contribution in [0.2, 0.25) is 0 Å². The lowest BCUT2D eigenvalue weighted by molar-refractivity contribution is 0.759. The van der Waals surface area contributed by atoms with Gasteiger partial charge in [0.15, 0.2) is 5.11 Å². The highest BCUT2D eigenvalue weighted by Gasteiger charge is 2.16. The second kappa shape index (κ2) is 8.74. The van der Waals surface area contributed by atoms with Crippen LogP contribution >= 0.6 is 29.2 Å². The van der Waals surface area contributed by atoms with E-state index >= 15 is 0 Å². The molecule has 0 radical (unpaired) electrons. The zero-order chi connectivity index (χ0) is 15.4. The molecule has 0 aliphatic heterocycles. The molecule has 0 atom stereocenters. The van der Waals surface area contributed by atoms with Gasteiger partial charge in [-0.1, -0.05) is 53.7 Å². The van der Waals surface area contributed by atoms with Gasteiger partial charge in [0.1, 0.15) is 0 Å². The minimum absolute atomic E-state index is 0. The Hall–Kier alpha value is -0.610. The third-order valence-corrected chi connectivity index (χ3v) is 3.84. The predicted molar refractivity (Wildman–Crippen MR) is 103 cm³/mol. The van der Waals surface area contributed by atoms with E-state index in [1.807, 2.05) is 0 Å². The van der Waals surface area contributed by atoms with Gasteiger partial charge in [-0.15, -0.1) is 17.0 Å². The number of benzene rings is 1. The second-order valence-electron chi connectivity index (χ2n) is 6.36. The van der Waals surface area contributed by atoms with Crippen LogP contribution in [0.15, 0.2) is 12.1 Å². The molecule has 0 unspecified atom stereocenters. The van der Waals surface area contributed by atoms with Gasteiger partial charge < -0.3 is 11.1 Å². The van der Waals surface area contributed by atoms with E-state index < -0.39 is 0 Å². The number of rotatable bonds is 5. The van der Waals surface area contributed by atoms with Crippen molar-refractivity contribution >= 4 is 34.3 Å². The van der Waals surface area contributed by atoms with Gasteiger partial charge in [-0.3, -0.25) is 0 Å². The molecule has 1 aromatic rings. The van der Waals surface area contributed by atoms with E-state index in [1.165, 1.54) is 22.3 Å². The van der Waals surface area contributed by atoms with Gasteiger partial charge in [-0.05, 0) is 52.2 Å². The Morgan fingerprint density at radius 2 is 1.43 bits per heavy atom. The lowest BCUT2D eigenvalue weighted by atomic mass is 9.84. The van der Waals surface area contributed by atoms with E-state index in [9.17, 15) is 0 Å². The highest BCUT2D eigenvalue weighted by atomic mass is 79.9. The lowest BCUT2D eigenvalue weighted by Gasteiger charge is -2.23. The van der Waals surface area contributed by atoms with Gasteiger partial charge in [0.05, 0.1) is 0 Å². The fourth-order valence-electron chi connectivity index (χ4n) is 2.48. The van der Waals surface area contributed by atoms with Gasteiger partial charge in [-0.2, -0.15) is 0 Å². The fourth-order valence-corrected chi connectivity index (χ4v) is 2.56. The molecule has 3 N–H and O–H groups in total. The number of halogens is 1. The highest BCUT2D eigenvalue weighted by Crippen LogP contribution is 2.31. The summed E-state index contributed by atoms with van der Waals surface area (Å²) in [4.78, 5) is 0. The lowest BCUT2D eigenvalue weighted by Crippen LogP contribution is -2.29. The van der Waals surface area contributed by atoms with Crippen LogP contribution in [0.1, 0.15) is 81.5 Å². The minimum Gasteiger partial charge on any atom is -0.376 e. The van der Waals surface area contributed by atoms with Gasteiger partial charge in [0.2, 0.25) is 0 Å². The Kier molecular flexibility index (Phi) is 8.49. The summed E-state index contributed by atoms with van der Waals surface area (Å²) in [6.45, 7) is 14.2. The first-order valence-corrected chi connectivity index (χ1v) is 7.84. The molecule has 1 rings (SSSR count). The Labute approximate surface area is 145 Å². The molecule has 0 spiro atoms. The van der Waals surface area contributed by atoms with E-state index in [0.29, 0.717) is 29.4 Å². The van der Waals surface area contributed by atoms with Crippen molar-refractivity contribution < 1.29 is 0 Å². The normalized spacial score (nSPS) is 10.9. The van der Waals surface area contributed by atoms with Crippen LogP contribution in [0.5, 0.6) is 0 Å². The molecular formula is C17H29BrN2S. The van der Waals surface area contributed by atoms with Crippen molar-refractivity contribution in [2.75, 3.05) is 0 Å². The quantitative estimate of drug-likeness (QED) is 0.716. The van der Waals surface area contributed by atoms with Crippen molar-refractivity contribution in [1.82, 2.24) is 5.32 Å². The van der Waals surface area contributed by atoms with Gasteiger partial charge >= 0.3 is 0 Å². The Morgan fingerprint density at radius 1 is 1.00 bits per heavy atom. The number of nitrogens with one attached hydrogen (secondary N) is 1. The fraction of sp³-hybridized carbons (Fsp3) is 0.588. The first kappa shape index (κ1) is 20.4. The Morgan fingerprint density at radius 3 is 1.71 bits per heavy atom. The Balaban J connectivity index is 0.00000400. The first-order valence-electron chi connectivity index (χ1n) is 7.43. The van der Waals surface area contributed by atoms with Crippen molar-refractivity contribution in [2.45, 2.75) is 65.8 Å². The highest BCUT2D eigenvalue weighted by molar-refractivity contribution is 8.93. The molecule has 0 aliphatic carbocycles. The predicted octanol–water partition coefficient (Wildman–Crippen LogP) is 4.97. The molecule has 0 fully saturated rings. The zero-order valence-electron chi connectivity index (χ0n) is 14.0. The minimum atomic E-state index is 0. The van der Waals surface area contributed by atoms with Crippen LogP contribution in [-0.2, 0) is 6.54 Å². The van der Waals surface area contributed by atoms with E-state index in [4.69, 9.17) is 18.0 Å². The molecule has 2 nitrogen and oxygen atoms in total. The van der Waals surface area contributed by atoms with Crippen molar-refractivity contribution in [3.8, 4) is 0 Å². The second-order valence-corrected chi connectivity index (χ2v) is 6.80. The van der Waals surface area contributed by atoms with E-state index in [2.05, 4.69) is 59.0 Å². The van der Waals surface area contributed by atoms with Crippen LogP contribution < -0.4 is 11.1 Å². The van der Waals surface area contributed by atoms with Crippen molar-refractivity contribution in [1.29, 1.82) is 0 Å². The smallest absolute Gasteiger partial charge is 0.163 e.